The van der Waals surface area contributed by atoms with Crippen molar-refractivity contribution in [3.8, 4) is 0 Å². The smallest absolute Gasteiger partial charge is 0.306 e. The second kappa shape index (κ2) is 7.95. The number of allylic oxidation sites excluding steroid dienone is 1. The molecule has 126 valence electrons. The van der Waals surface area contributed by atoms with Gasteiger partial charge in [0.25, 0.3) is 0 Å². The Kier molecular flexibility index (Phi) is 6.22. The summed E-state index contributed by atoms with van der Waals surface area (Å²) in [5.41, 5.74) is -0.127. The Labute approximate surface area is 141 Å². The topological polar surface area (TPSA) is 77.8 Å². The van der Waals surface area contributed by atoms with E-state index >= 15 is 0 Å². The predicted octanol–water partition coefficient (Wildman–Crippen LogP) is 3.20. The lowest BCUT2D eigenvalue weighted by molar-refractivity contribution is -0.144. The number of carboxylic acids is 1. The Morgan fingerprint density at radius 2 is 2.09 bits per heavy atom. The van der Waals surface area contributed by atoms with E-state index in [1.54, 1.807) is 18.2 Å². The van der Waals surface area contributed by atoms with Crippen LogP contribution >= 0.6 is 11.6 Å². The van der Waals surface area contributed by atoms with E-state index in [4.69, 9.17) is 16.7 Å². The third kappa shape index (κ3) is 5.98. The maximum Gasteiger partial charge on any atom is 0.306 e. The van der Waals surface area contributed by atoms with E-state index in [2.05, 4.69) is 0 Å². The van der Waals surface area contributed by atoms with Crippen molar-refractivity contribution in [1.82, 2.24) is 0 Å². The Morgan fingerprint density at radius 1 is 1.39 bits per heavy atom. The molecule has 1 aliphatic rings. The summed E-state index contributed by atoms with van der Waals surface area (Å²) < 4.78 is 0. The van der Waals surface area contributed by atoms with Crippen LogP contribution in [-0.2, 0) is 11.2 Å². The number of aliphatic carboxylic acids is 1. The first-order valence-electron chi connectivity index (χ1n) is 7.91. The molecule has 0 aliphatic heterocycles. The molecule has 3 N–H and O–H groups in total. The number of carbonyl (C=O) groups is 1. The van der Waals surface area contributed by atoms with Crippen LogP contribution in [0.25, 0.3) is 0 Å². The summed E-state index contributed by atoms with van der Waals surface area (Å²) in [5, 5.41) is 30.0. The molecule has 23 heavy (non-hydrogen) atoms. The molecule has 0 heterocycles. The van der Waals surface area contributed by atoms with Crippen LogP contribution in [0.2, 0.25) is 5.02 Å². The van der Waals surface area contributed by atoms with Crippen LogP contribution in [0, 0.1) is 5.92 Å². The van der Waals surface area contributed by atoms with E-state index in [1.165, 1.54) is 0 Å². The van der Waals surface area contributed by atoms with Gasteiger partial charge in [0.05, 0.1) is 18.1 Å². The van der Waals surface area contributed by atoms with Gasteiger partial charge in [0.1, 0.15) is 0 Å². The van der Waals surface area contributed by atoms with Gasteiger partial charge in [0.2, 0.25) is 0 Å². The van der Waals surface area contributed by atoms with Crippen LogP contribution in [0.15, 0.2) is 36.4 Å². The Balaban J connectivity index is 1.88. The molecular formula is C18H23ClO4. The maximum atomic E-state index is 10.8. The standard InChI is InChI=1S/C18H23ClO4/c19-15-6-3-13(4-7-15)10-16(20)8-5-14-2-1-9-18(23,11-14)12-17(21)22/h3-8,14,16,20,23H,1-2,9-12H2,(H,21,22). The SMILES string of the molecule is O=C(O)CC1(O)CCCC(C=CC(O)Cc2ccc(Cl)cc2)C1. The predicted molar refractivity (Wildman–Crippen MR) is 89.5 cm³/mol. The number of rotatable bonds is 6. The Morgan fingerprint density at radius 3 is 2.74 bits per heavy atom. The number of carboxylic acid groups (broad SMARTS) is 1. The minimum atomic E-state index is -1.12. The van der Waals surface area contributed by atoms with E-state index in [1.807, 2.05) is 18.2 Å². The number of aliphatic hydroxyl groups excluding tert-OH is 1. The fourth-order valence-electron chi connectivity index (χ4n) is 3.21. The van der Waals surface area contributed by atoms with Gasteiger partial charge in [0.15, 0.2) is 0 Å². The lowest BCUT2D eigenvalue weighted by atomic mass is 9.76. The summed E-state index contributed by atoms with van der Waals surface area (Å²) in [4.78, 5) is 10.8. The first kappa shape index (κ1) is 18.0. The van der Waals surface area contributed by atoms with Crippen LogP contribution in [0.4, 0.5) is 0 Å². The third-order valence-corrected chi connectivity index (χ3v) is 4.55. The second-order valence-corrected chi connectivity index (χ2v) is 6.87. The number of benzene rings is 1. The van der Waals surface area contributed by atoms with Crippen molar-refractivity contribution in [2.45, 2.75) is 50.2 Å². The van der Waals surface area contributed by atoms with Gasteiger partial charge < -0.3 is 15.3 Å². The fraction of sp³-hybridized carbons (Fsp3) is 0.500. The van der Waals surface area contributed by atoms with Gasteiger partial charge in [0, 0.05) is 11.4 Å². The van der Waals surface area contributed by atoms with Gasteiger partial charge in [-0.05, 0) is 49.3 Å². The zero-order valence-electron chi connectivity index (χ0n) is 13.0. The van der Waals surface area contributed by atoms with E-state index in [-0.39, 0.29) is 12.3 Å². The van der Waals surface area contributed by atoms with Gasteiger partial charge in [-0.3, -0.25) is 4.79 Å². The molecule has 2 rings (SSSR count). The minimum Gasteiger partial charge on any atom is -0.481 e. The highest BCUT2D eigenvalue weighted by Gasteiger charge is 2.35. The monoisotopic (exact) mass is 338 g/mol. The first-order chi connectivity index (χ1) is 10.9. The summed E-state index contributed by atoms with van der Waals surface area (Å²) in [7, 11) is 0. The highest BCUT2D eigenvalue weighted by atomic mass is 35.5. The average molecular weight is 339 g/mol. The Bertz CT molecular complexity index is 555. The van der Waals surface area contributed by atoms with Crippen molar-refractivity contribution < 1.29 is 20.1 Å². The van der Waals surface area contributed by atoms with Gasteiger partial charge in [-0.25, -0.2) is 0 Å². The molecule has 1 saturated carbocycles. The summed E-state index contributed by atoms with van der Waals surface area (Å²) in [6, 6.07) is 7.35. The lowest BCUT2D eigenvalue weighted by Gasteiger charge is -2.34. The highest BCUT2D eigenvalue weighted by molar-refractivity contribution is 6.30. The van der Waals surface area contributed by atoms with E-state index < -0.39 is 17.7 Å². The van der Waals surface area contributed by atoms with Gasteiger partial charge in [-0.1, -0.05) is 35.9 Å². The second-order valence-electron chi connectivity index (χ2n) is 6.43. The molecule has 0 saturated heterocycles. The summed E-state index contributed by atoms with van der Waals surface area (Å²) in [6.45, 7) is 0. The van der Waals surface area contributed by atoms with Crippen LogP contribution in [0.5, 0.6) is 0 Å². The summed E-state index contributed by atoms with van der Waals surface area (Å²) >= 11 is 5.83. The number of hydrogen-bond acceptors (Lipinski definition) is 3. The molecule has 0 radical (unpaired) electrons. The molecule has 1 aromatic carbocycles. The normalized spacial score (nSPS) is 26.3. The zero-order chi connectivity index (χ0) is 16.9. The molecule has 1 aliphatic carbocycles. The van der Waals surface area contributed by atoms with E-state index in [0.717, 1.165) is 18.4 Å². The molecule has 1 aromatic rings. The van der Waals surface area contributed by atoms with Crippen LogP contribution < -0.4 is 0 Å². The summed E-state index contributed by atoms with van der Waals surface area (Å²) in [5.74, 6) is -0.868. The average Bonchev–Trinajstić information content (AvgIpc) is 2.46. The first-order valence-corrected chi connectivity index (χ1v) is 8.29. The Hall–Kier alpha value is -1.36. The van der Waals surface area contributed by atoms with Crippen molar-refractivity contribution in [3.05, 3.63) is 47.0 Å². The summed E-state index contributed by atoms with van der Waals surface area (Å²) in [6.07, 6.45) is 5.99. The quantitative estimate of drug-likeness (QED) is 0.696. The van der Waals surface area contributed by atoms with Crippen LogP contribution in [-0.4, -0.2) is 33.0 Å². The van der Waals surface area contributed by atoms with Crippen molar-refractivity contribution in [2.75, 3.05) is 0 Å². The third-order valence-electron chi connectivity index (χ3n) is 4.30. The largest absolute Gasteiger partial charge is 0.481 e. The molecule has 4 nitrogen and oxygen atoms in total. The van der Waals surface area contributed by atoms with Crippen molar-refractivity contribution >= 4 is 17.6 Å². The minimum absolute atomic E-state index is 0.105. The number of hydrogen-bond donors (Lipinski definition) is 3. The van der Waals surface area contributed by atoms with Crippen LogP contribution in [0.1, 0.15) is 37.7 Å². The van der Waals surface area contributed by atoms with Crippen LogP contribution in [0.3, 0.4) is 0 Å². The molecule has 3 unspecified atom stereocenters. The number of halogens is 1. The molecule has 0 spiro atoms. The molecule has 0 bridgehead atoms. The van der Waals surface area contributed by atoms with Crippen molar-refractivity contribution in [1.29, 1.82) is 0 Å². The van der Waals surface area contributed by atoms with Gasteiger partial charge >= 0.3 is 5.97 Å². The number of aliphatic hydroxyl groups is 2. The highest BCUT2D eigenvalue weighted by Crippen LogP contribution is 2.35. The molecule has 0 amide bonds. The van der Waals surface area contributed by atoms with Gasteiger partial charge in [-0.2, -0.15) is 0 Å². The van der Waals surface area contributed by atoms with Crippen molar-refractivity contribution in [3.63, 3.8) is 0 Å². The molecular weight excluding hydrogens is 316 g/mol. The van der Waals surface area contributed by atoms with E-state index in [0.29, 0.717) is 24.3 Å². The van der Waals surface area contributed by atoms with E-state index in [9.17, 15) is 15.0 Å². The molecule has 1 fully saturated rings. The van der Waals surface area contributed by atoms with Gasteiger partial charge in [-0.15, -0.1) is 0 Å². The maximum absolute atomic E-state index is 10.8. The lowest BCUT2D eigenvalue weighted by Crippen LogP contribution is -2.37. The van der Waals surface area contributed by atoms with Crippen molar-refractivity contribution in [2.24, 2.45) is 5.92 Å². The molecule has 0 aromatic heterocycles. The molecule has 3 atom stereocenters. The fourth-order valence-corrected chi connectivity index (χ4v) is 3.33. The molecule has 5 heteroatoms. The zero-order valence-corrected chi connectivity index (χ0v) is 13.7.